The normalized spacial score (nSPS) is 12.2. The Labute approximate surface area is 146 Å². The van der Waals surface area contributed by atoms with E-state index in [0.29, 0.717) is 0 Å². The molecular formula is C21H34OSn. The Bertz CT molecular complexity index is 577. The molecule has 128 valence electrons. The van der Waals surface area contributed by atoms with Crippen molar-refractivity contribution in [2.24, 2.45) is 0 Å². The number of aryl methyl sites for hydroxylation is 1. The molecule has 1 nitrogen and oxygen atoms in total. The molecule has 23 heavy (non-hydrogen) atoms. The molecule has 0 spiro atoms. The van der Waals surface area contributed by atoms with Gasteiger partial charge in [-0.25, -0.2) is 0 Å². The van der Waals surface area contributed by atoms with E-state index >= 15 is 0 Å². The molecule has 0 aliphatic heterocycles. The van der Waals surface area contributed by atoms with Crippen molar-refractivity contribution in [1.82, 2.24) is 0 Å². The first kappa shape index (κ1) is 18.9. The molecule has 2 heteroatoms. The number of benzene rings is 1. The van der Waals surface area contributed by atoms with E-state index < -0.39 is 18.4 Å². The zero-order valence-corrected chi connectivity index (χ0v) is 18.4. The fourth-order valence-corrected chi connectivity index (χ4v) is 20.4. The van der Waals surface area contributed by atoms with Crippen molar-refractivity contribution in [1.29, 1.82) is 0 Å². The average Bonchev–Trinajstić information content (AvgIpc) is 2.92. The monoisotopic (exact) mass is 422 g/mol. The minimum atomic E-state index is -2.44. The Balaban J connectivity index is 2.48. The van der Waals surface area contributed by atoms with Crippen LogP contribution in [0.4, 0.5) is 0 Å². The van der Waals surface area contributed by atoms with Crippen LogP contribution in [0.2, 0.25) is 13.3 Å². The molecule has 0 fully saturated rings. The quantitative estimate of drug-likeness (QED) is 0.385. The van der Waals surface area contributed by atoms with E-state index in [1.165, 1.54) is 66.6 Å². The molecule has 0 N–H and O–H groups in total. The number of hydrogen-bond donors (Lipinski definition) is 0. The van der Waals surface area contributed by atoms with Gasteiger partial charge >= 0.3 is 147 Å². The van der Waals surface area contributed by atoms with Crippen molar-refractivity contribution >= 4 is 33.1 Å². The first-order valence-corrected chi connectivity index (χ1v) is 17.1. The van der Waals surface area contributed by atoms with Crippen LogP contribution >= 0.6 is 0 Å². The van der Waals surface area contributed by atoms with Gasteiger partial charge in [0.05, 0.1) is 0 Å². The van der Waals surface area contributed by atoms with Crippen LogP contribution in [0.5, 0.6) is 0 Å². The van der Waals surface area contributed by atoms with Crippen LogP contribution in [-0.4, -0.2) is 18.4 Å². The number of para-hydroxylation sites is 1. The Morgan fingerprint density at radius 2 is 1.35 bits per heavy atom. The van der Waals surface area contributed by atoms with Crippen LogP contribution in [0.15, 0.2) is 28.7 Å². The molecule has 0 bridgehead atoms. The van der Waals surface area contributed by atoms with Gasteiger partial charge in [0.2, 0.25) is 0 Å². The standard InChI is InChI=1S/C9H7O.3C4H9.Sn/c1-7-6-10-9-5-3-2-4-8(7)9;3*1-3-4-2;/h2-5H,1H3;3*1,3-4H2,2H3;. The molecule has 0 saturated carbocycles. The van der Waals surface area contributed by atoms with E-state index in [1.807, 2.05) is 0 Å². The summed E-state index contributed by atoms with van der Waals surface area (Å²) >= 11 is -2.44. The zero-order chi connectivity index (χ0) is 16.7. The van der Waals surface area contributed by atoms with Gasteiger partial charge in [0.1, 0.15) is 0 Å². The molecule has 2 rings (SSSR count). The topological polar surface area (TPSA) is 13.1 Å². The Morgan fingerprint density at radius 3 is 1.83 bits per heavy atom. The van der Waals surface area contributed by atoms with Crippen molar-refractivity contribution in [2.75, 3.05) is 0 Å². The summed E-state index contributed by atoms with van der Waals surface area (Å²) in [5.74, 6) is 0. The van der Waals surface area contributed by atoms with Gasteiger partial charge in [-0.15, -0.1) is 0 Å². The van der Waals surface area contributed by atoms with Gasteiger partial charge in [0.25, 0.3) is 0 Å². The molecule has 0 aliphatic rings. The summed E-state index contributed by atoms with van der Waals surface area (Å²) in [5.41, 5.74) is 2.59. The molecule has 0 unspecified atom stereocenters. The molecule has 1 aromatic heterocycles. The van der Waals surface area contributed by atoms with E-state index in [0.717, 1.165) is 5.58 Å². The number of unbranched alkanes of at least 4 members (excludes halogenated alkanes) is 3. The second-order valence-corrected chi connectivity index (χ2v) is 20.0. The van der Waals surface area contributed by atoms with Gasteiger partial charge in [-0.05, 0) is 0 Å². The summed E-state index contributed by atoms with van der Waals surface area (Å²) in [7, 11) is 0. The third kappa shape index (κ3) is 4.35. The van der Waals surface area contributed by atoms with E-state index in [-0.39, 0.29) is 0 Å². The van der Waals surface area contributed by atoms with Crippen molar-refractivity contribution in [3.8, 4) is 0 Å². The van der Waals surface area contributed by atoms with E-state index in [4.69, 9.17) is 4.42 Å². The van der Waals surface area contributed by atoms with Crippen molar-refractivity contribution in [3.63, 3.8) is 0 Å². The van der Waals surface area contributed by atoms with Gasteiger partial charge in [0, 0.05) is 0 Å². The summed E-state index contributed by atoms with van der Waals surface area (Å²) in [4.78, 5) is 0. The summed E-state index contributed by atoms with van der Waals surface area (Å²) in [6.45, 7) is 9.32. The van der Waals surface area contributed by atoms with Gasteiger partial charge in [-0.1, -0.05) is 0 Å². The van der Waals surface area contributed by atoms with E-state index in [9.17, 15) is 0 Å². The number of furan rings is 1. The zero-order valence-electron chi connectivity index (χ0n) is 15.6. The van der Waals surface area contributed by atoms with Gasteiger partial charge < -0.3 is 0 Å². The van der Waals surface area contributed by atoms with E-state index in [2.05, 4.69) is 52.0 Å². The SMILES string of the molecule is CCC[CH2][Sn]([CH2]CCC)([CH2]CCC)[c]1oc2ccccc2c1C. The van der Waals surface area contributed by atoms with Gasteiger partial charge in [0.15, 0.2) is 0 Å². The van der Waals surface area contributed by atoms with Crippen LogP contribution in [0.3, 0.4) is 0 Å². The number of rotatable bonds is 10. The van der Waals surface area contributed by atoms with E-state index in [1.54, 1.807) is 0 Å². The summed E-state index contributed by atoms with van der Waals surface area (Å²) in [6, 6.07) is 8.65. The predicted molar refractivity (Wildman–Crippen MR) is 105 cm³/mol. The third-order valence-electron chi connectivity index (χ3n) is 5.35. The summed E-state index contributed by atoms with van der Waals surface area (Å²) in [5, 5.41) is 1.35. The minimum absolute atomic E-state index is 1.12. The average molecular weight is 421 g/mol. The van der Waals surface area contributed by atoms with Crippen molar-refractivity contribution in [2.45, 2.75) is 79.5 Å². The van der Waals surface area contributed by atoms with Gasteiger partial charge in [-0.3, -0.25) is 0 Å². The summed E-state index contributed by atoms with van der Waals surface area (Å²) in [6.07, 6.45) is 8.11. The number of hydrogen-bond acceptors (Lipinski definition) is 1. The van der Waals surface area contributed by atoms with Gasteiger partial charge in [-0.2, -0.15) is 0 Å². The Hall–Kier alpha value is -0.441. The number of fused-ring (bicyclic) bond motifs is 1. The molecule has 0 aliphatic carbocycles. The molecule has 0 amide bonds. The van der Waals surface area contributed by atoms with Crippen LogP contribution in [0.25, 0.3) is 11.0 Å². The second-order valence-electron chi connectivity index (χ2n) is 7.14. The molecule has 1 aromatic carbocycles. The Morgan fingerprint density at radius 1 is 0.826 bits per heavy atom. The van der Waals surface area contributed by atoms with Crippen LogP contribution < -0.4 is 3.78 Å². The fraction of sp³-hybridized carbons (Fsp3) is 0.619. The maximum absolute atomic E-state index is 6.55. The molecule has 0 saturated heterocycles. The molecule has 1 heterocycles. The fourth-order valence-electron chi connectivity index (χ4n) is 3.94. The van der Waals surface area contributed by atoms with Crippen molar-refractivity contribution < 1.29 is 4.42 Å². The van der Waals surface area contributed by atoms with Crippen molar-refractivity contribution in [3.05, 3.63) is 29.8 Å². The van der Waals surface area contributed by atoms with Crippen LogP contribution in [-0.2, 0) is 0 Å². The Kier molecular flexibility index (Phi) is 7.51. The maximum atomic E-state index is 6.55. The predicted octanol–water partition coefficient (Wildman–Crippen LogP) is 6.80. The molecule has 2 aromatic rings. The molecule has 0 atom stereocenters. The first-order chi connectivity index (χ1) is 11.2. The third-order valence-corrected chi connectivity index (χ3v) is 20.7. The van der Waals surface area contributed by atoms with Crippen LogP contribution in [0.1, 0.15) is 64.9 Å². The second kappa shape index (κ2) is 9.15. The van der Waals surface area contributed by atoms with Crippen LogP contribution in [0, 0.1) is 6.92 Å². The summed E-state index contributed by atoms with van der Waals surface area (Å²) < 4.78 is 12.5. The molecule has 0 radical (unpaired) electrons. The molecular weight excluding hydrogens is 387 g/mol. The first-order valence-electron chi connectivity index (χ1n) is 9.67.